The molecule has 4 nitrogen and oxygen atoms in total. The predicted molar refractivity (Wildman–Crippen MR) is 60.6 cm³/mol. The SMILES string of the molecule is CCS(=O)(=O)CCCC(O)C1CCCN1. The van der Waals surface area contributed by atoms with Crippen LogP contribution in [0.15, 0.2) is 0 Å². The number of aliphatic hydroxyl groups is 1. The Labute approximate surface area is 92.0 Å². The molecule has 0 spiro atoms. The van der Waals surface area contributed by atoms with E-state index in [2.05, 4.69) is 5.32 Å². The van der Waals surface area contributed by atoms with Crippen LogP contribution in [0.4, 0.5) is 0 Å². The summed E-state index contributed by atoms with van der Waals surface area (Å²) < 4.78 is 22.4. The van der Waals surface area contributed by atoms with Gasteiger partial charge in [0, 0.05) is 11.8 Å². The molecular formula is C10H21NO3S. The van der Waals surface area contributed by atoms with Crippen LogP contribution in [-0.4, -0.2) is 43.7 Å². The zero-order valence-electron chi connectivity index (χ0n) is 9.28. The molecule has 0 aromatic carbocycles. The predicted octanol–water partition coefficient (Wildman–Crippen LogP) is 0.314. The molecule has 0 aromatic rings. The number of nitrogens with one attached hydrogen (secondary N) is 1. The molecule has 0 aromatic heterocycles. The first kappa shape index (κ1) is 12.9. The zero-order valence-corrected chi connectivity index (χ0v) is 10.1. The number of sulfone groups is 1. The Bertz CT molecular complexity index is 270. The van der Waals surface area contributed by atoms with Crippen molar-refractivity contribution in [3.8, 4) is 0 Å². The highest BCUT2D eigenvalue weighted by Crippen LogP contribution is 2.13. The fourth-order valence-corrected chi connectivity index (χ4v) is 2.79. The Balaban J connectivity index is 2.19. The molecule has 2 atom stereocenters. The van der Waals surface area contributed by atoms with E-state index in [0.29, 0.717) is 12.8 Å². The second kappa shape index (κ2) is 5.82. The van der Waals surface area contributed by atoms with Crippen LogP contribution in [0.25, 0.3) is 0 Å². The van der Waals surface area contributed by atoms with Gasteiger partial charge in [-0.05, 0) is 32.2 Å². The van der Waals surface area contributed by atoms with E-state index in [9.17, 15) is 13.5 Å². The third kappa shape index (κ3) is 4.49. The van der Waals surface area contributed by atoms with Crippen LogP contribution in [-0.2, 0) is 9.84 Å². The second-order valence-electron chi connectivity index (χ2n) is 4.15. The summed E-state index contributed by atoms with van der Waals surface area (Å²) in [6.45, 7) is 2.62. The van der Waals surface area contributed by atoms with Gasteiger partial charge in [0.25, 0.3) is 0 Å². The molecule has 5 heteroatoms. The Morgan fingerprint density at radius 2 is 2.27 bits per heavy atom. The highest BCUT2D eigenvalue weighted by Gasteiger charge is 2.22. The maximum atomic E-state index is 11.2. The first-order valence-electron chi connectivity index (χ1n) is 5.67. The maximum absolute atomic E-state index is 11.2. The molecule has 2 unspecified atom stereocenters. The molecular weight excluding hydrogens is 214 g/mol. The van der Waals surface area contributed by atoms with Gasteiger partial charge < -0.3 is 10.4 Å². The normalized spacial score (nSPS) is 24.3. The molecule has 0 aliphatic carbocycles. The summed E-state index contributed by atoms with van der Waals surface area (Å²) in [7, 11) is -2.87. The van der Waals surface area contributed by atoms with Crippen molar-refractivity contribution in [1.29, 1.82) is 0 Å². The molecule has 1 aliphatic rings. The third-order valence-electron chi connectivity index (χ3n) is 2.96. The van der Waals surface area contributed by atoms with Crippen LogP contribution in [0.1, 0.15) is 32.6 Å². The minimum atomic E-state index is -2.87. The van der Waals surface area contributed by atoms with Crippen molar-refractivity contribution in [3.05, 3.63) is 0 Å². The Morgan fingerprint density at radius 1 is 1.53 bits per heavy atom. The highest BCUT2D eigenvalue weighted by molar-refractivity contribution is 7.91. The summed E-state index contributed by atoms with van der Waals surface area (Å²) in [6, 6.07) is 0.175. The van der Waals surface area contributed by atoms with E-state index >= 15 is 0 Å². The first-order chi connectivity index (χ1) is 7.05. The average Bonchev–Trinajstić information content (AvgIpc) is 2.70. The fourth-order valence-electron chi connectivity index (χ4n) is 1.90. The zero-order chi connectivity index (χ0) is 11.3. The lowest BCUT2D eigenvalue weighted by Gasteiger charge is -2.17. The van der Waals surface area contributed by atoms with E-state index in [1.165, 1.54) is 0 Å². The van der Waals surface area contributed by atoms with Crippen LogP contribution in [0.5, 0.6) is 0 Å². The van der Waals surface area contributed by atoms with E-state index in [1.807, 2.05) is 0 Å². The maximum Gasteiger partial charge on any atom is 0.150 e. The second-order valence-corrected chi connectivity index (χ2v) is 6.62. The highest BCUT2D eigenvalue weighted by atomic mass is 32.2. The standard InChI is InChI=1S/C10H21NO3S/c1-2-15(13,14)8-4-6-10(12)9-5-3-7-11-9/h9-12H,2-8H2,1H3. The van der Waals surface area contributed by atoms with E-state index < -0.39 is 9.84 Å². The van der Waals surface area contributed by atoms with Crippen molar-refractivity contribution in [2.75, 3.05) is 18.1 Å². The number of hydrogen-bond donors (Lipinski definition) is 2. The van der Waals surface area contributed by atoms with Crippen LogP contribution in [0.2, 0.25) is 0 Å². The smallest absolute Gasteiger partial charge is 0.150 e. The topological polar surface area (TPSA) is 66.4 Å². The van der Waals surface area contributed by atoms with E-state index in [4.69, 9.17) is 0 Å². The van der Waals surface area contributed by atoms with Gasteiger partial charge in [0.15, 0.2) is 0 Å². The molecule has 1 aliphatic heterocycles. The Morgan fingerprint density at radius 3 is 2.80 bits per heavy atom. The summed E-state index contributed by atoms with van der Waals surface area (Å²) in [5.41, 5.74) is 0. The minimum absolute atomic E-state index is 0.175. The first-order valence-corrected chi connectivity index (χ1v) is 7.49. The largest absolute Gasteiger partial charge is 0.392 e. The van der Waals surface area contributed by atoms with E-state index in [1.54, 1.807) is 6.92 Å². The van der Waals surface area contributed by atoms with Crippen molar-refractivity contribution < 1.29 is 13.5 Å². The molecule has 1 fully saturated rings. The lowest BCUT2D eigenvalue weighted by atomic mass is 10.1. The van der Waals surface area contributed by atoms with Gasteiger partial charge in [-0.3, -0.25) is 0 Å². The van der Waals surface area contributed by atoms with Crippen LogP contribution in [0, 0.1) is 0 Å². The van der Waals surface area contributed by atoms with Crippen molar-refractivity contribution in [1.82, 2.24) is 5.32 Å². The summed E-state index contributed by atoms with van der Waals surface area (Å²) in [4.78, 5) is 0. The number of aliphatic hydroxyl groups excluding tert-OH is 1. The van der Waals surface area contributed by atoms with Gasteiger partial charge in [0.05, 0.1) is 11.9 Å². The number of hydrogen-bond acceptors (Lipinski definition) is 4. The monoisotopic (exact) mass is 235 g/mol. The van der Waals surface area contributed by atoms with Gasteiger partial charge in [0.1, 0.15) is 9.84 Å². The van der Waals surface area contributed by atoms with Gasteiger partial charge in [-0.25, -0.2) is 8.42 Å². The minimum Gasteiger partial charge on any atom is -0.392 e. The molecule has 90 valence electrons. The van der Waals surface area contributed by atoms with Crippen molar-refractivity contribution in [2.45, 2.75) is 44.8 Å². The van der Waals surface area contributed by atoms with Gasteiger partial charge >= 0.3 is 0 Å². The fraction of sp³-hybridized carbons (Fsp3) is 1.00. The molecule has 0 bridgehead atoms. The quantitative estimate of drug-likeness (QED) is 0.695. The van der Waals surface area contributed by atoms with E-state index in [-0.39, 0.29) is 23.7 Å². The Kier molecular flexibility index (Phi) is 5.02. The molecule has 1 heterocycles. The van der Waals surface area contributed by atoms with Crippen LogP contribution in [0.3, 0.4) is 0 Å². The van der Waals surface area contributed by atoms with Crippen molar-refractivity contribution >= 4 is 9.84 Å². The molecule has 0 saturated carbocycles. The summed E-state index contributed by atoms with van der Waals surface area (Å²) >= 11 is 0. The van der Waals surface area contributed by atoms with Gasteiger partial charge in [-0.15, -0.1) is 0 Å². The summed E-state index contributed by atoms with van der Waals surface area (Å²) in [6.07, 6.45) is 2.86. The molecule has 0 amide bonds. The van der Waals surface area contributed by atoms with Crippen molar-refractivity contribution in [3.63, 3.8) is 0 Å². The molecule has 0 radical (unpaired) electrons. The lowest BCUT2D eigenvalue weighted by Crippen LogP contribution is -2.34. The molecule has 1 saturated heterocycles. The van der Waals surface area contributed by atoms with E-state index in [0.717, 1.165) is 19.4 Å². The van der Waals surface area contributed by atoms with Gasteiger partial charge in [-0.2, -0.15) is 0 Å². The molecule has 15 heavy (non-hydrogen) atoms. The average molecular weight is 235 g/mol. The van der Waals surface area contributed by atoms with Crippen LogP contribution < -0.4 is 5.32 Å². The number of rotatable bonds is 6. The Hall–Kier alpha value is -0.130. The van der Waals surface area contributed by atoms with Crippen LogP contribution >= 0.6 is 0 Å². The van der Waals surface area contributed by atoms with Gasteiger partial charge in [-0.1, -0.05) is 6.92 Å². The lowest BCUT2D eigenvalue weighted by molar-refractivity contribution is 0.126. The third-order valence-corrected chi connectivity index (χ3v) is 4.75. The van der Waals surface area contributed by atoms with Crippen molar-refractivity contribution in [2.24, 2.45) is 0 Å². The van der Waals surface area contributed by atoms with Gasteiger partial charge in [0.2, 0.25) is 0 Å². The summed E-state index contributed by atoms with van der Waals surface area (Å²) in [5, 5.41) is 13.0. The molecule has 1 rings (SSSR count). The molecule has 2 N–H and O–H groups in total. The summed E-state index contributed by atoms with van der Waals surface area (Å²) in [5.74, 6) is 0.401.